The van der Waals surface area contributed by atoms with Gasteiger partial charge in [0.15, 0.2) is 0 Å². The normalized spacial score (nSPS) is 13.1. The van der Waals surface area contributed by atoms with Gasteiger partial charge in [-0.15, -0.1) is 12.8 Å². The van der Waals surface area contributed by atoms with Crippen molar-refractivity contribution in [1.82, 2.24) is 0 Å². The van der Waals surface area contributed by atoms with Gasteiger partial charge in [0.05, 0.1) is 0 Å². The minimum Gasteiger partial charge on any atom is -0.507 e. The van der Waals surface area contributed by atoms with Crippen LogP contribution in [0.2, 0.25) is 0 Å². The second kappa shape index (κ2) is 18.1. The molecule has 0 saturated carbocycles. The maximum Gasteiger partial charge on any atom is 0.126 e. The van der Waals surface area contributed by atoms with Gasteiger partial charge in [-0.05, 0) is 124 Å². The van der Waals surface area contributed by atoms with Crippen molar-refractivity contribution in [2.75, 3.05) is 0 Å². The fourth-order valence-corrected chi connectivity index (χ4v) is 8.72. The number of hydrogen-bond acceptors (Lipinski definition) is 4. The summed E-state index contributed by atoms with van der Waals surface area (Å²) in [7, 11) is 0. The zero-order chi connectivity index (χ0) is 47.9. The van der Waals surface area contributed by atoms with E-state index < -0.39 is 0 Å². The van der Waals surface area contributed by atoms with Crippen LogP contribution in [0, 0.1) is 24.7 Å². The summed E-state index contributed by atoms with van der Waals surface area (Å²) in [5.74, 6) is 7.49. The highest BCUT2D eigenvalue weighted by Crippen LogP contribution is 2.44. The van der Waals surface area contributed by atoms with Gasteiger partial charge in [0.1, 0.15) is 36.2 Å². The van der Waals surface area contributed by atoms with Crippen molar-refractivity contribution in [1.29, 1.82) is 0 Å². The first-order chi connectivity index (χ1) is 30.9. The standard InChI is InChI=1S/C62H68O4/c1-15-39-17-21-41(22-18-39)37-65-57-47-25-43-29-51(59(3,4)5)31-45(55(43)63)27-49-35-54(62(12,13)14)36-50(58(49)66-38-42-23-19-40(16-2)20-24-42)28-46-32-52(60(6,7)8)30-44(56(46)64)26-48(57)34-53(33-47)61(9,10)11/h1-2,17-24,29-36,63-64H,25-28,37-38H2,3-14H3. The summed E-state index contributed by atoms with van der Waals surface area (Å²) in [6.45, 7) is 27.4. The van der Waals surface area contributed by atoms with E-state index in [2.05, 4.69) is 143 Å². The number of terminal acetylenes is 2. The van der Waals surface area contributed by atoms with Crippen LogP contribution in [0.5, 0.6) is 23.0 Å². The SMILES string of the molecule is C#Cc1ccc(COc2c3cc(C(C)(C)C)cc2Cc2cc(C(C)(C)C)cc(c2O)Cc2cc(C(C)(C)C)cc(c2OCc2ccc(C#C)cc2)Cc2cc(C(C)(C)C)cc(c2O)C3)cc1. The Morgan fingerprint density at radius 3 is 0.833 bits per heavy atom. The molecule has 2 N–H and O–H groups in total. The van der Waals surface area contributed by atoms with Crippen LogP contribution in [0.15, 0.2) is 97.1 Å². The quantitative estimate of drug-likeness (QED) is 0.163. The van der Waals surface area contributed by atoms with Crippen molar-refractivity contribution in [3.05, 3.63) is 186 Å². The van der Waals surface area contributed by atoms with Gasteiger partial charge in [-0.25, -0.2) is 0 Å². The van der Waals surface area contributed by atoms with Gasteiger partial charge >= 0.3 is 0 Å². The third kappa shape index (κ3) is 10.7. The van der Waals surface area contributed by atoms with E-state index in [0.717, 1.165) is 101 Å². The lowest BCUT2D eigenvalue weighted by molar-refractivity contribution is 0.300. The molecule has 340 valence electrons. The number of benzene rings is 6. The van der Waals surface area contributed by atoms with Crippen molar-refractivity contribution in [3.8, 4) is 47.7 Å². The Kier molecular flexibility index (Phi) is 13.1. The molecule has 6 aromatic carbocycles. The zero-order valence-electron chi connectivity index (χ0n) is 41.3. The van der Waals surface area contributed by atoms with Gasteiger partial charge in [-0.2, -0.15) is 0 Å². The van der Waals surface area contributed by atoms with Crippen molar-refractivity contribution in [2.24, 2.45) is 0 Å². The summed E-state index contributed by atoms with van der Waals surface area (Å²) in [5.41, 5.74) is 14.5. The van der Waals surface area contributed by atoms with E-state index in [9.17, 15) is 10.2 Å². The van der Waals surface area contributed by atoms with Gasteiger partial charge in [-0.3, -0.25) is 0 Å². The molecule has 66 heavy (non-hydrogen) atoms. The summed E-state index contributed by atoms with van der Waals surface area (Å²) in [5, 5.41) is 25.3. The fourth-order valence-electron chi connectivity index (χ4n) is 8.72. The molecule has 0 fully saturated rings. The topological polar surface area (TPSA) is 58.9 Å². The van der Waals surface area contributed by atoms with Crippen LogP contribution in [0.25, 0.3) is 0 Å². The van der Waals surface area contributed by atoms with Crippen molar-refractivity contribution >= 4 is 0 Å². The molecule has 1 aliphatic carbocycles. The minimum atomic E-state index is -0.215. The van der Waals surface area contributed by atoms with Crippen molar-refractivity contribution in [3.63, 3.8) is 0 Å². The smallest absolute Gasteiger partial charge is 0.126 e. The van der Waals surface area contributed by atoms with Crippen LogP contribution < -0.4 is 9.47 Å². The maximum atomic E-state index is 12.7. The number of phenols is 2. The first kappa shape index (κ1) is 47.6. The highest BCUT2D eigenvalue weighted by atomic mass is 16.5. The molecular formula is C62H68O4. The largest absolute Gasteiger partial charge is 0.507 e. The van der Waals surface area contributed by atoms with Crippen LogP contribution in [0.1, 0.15) is 172 Å². The molecule has 0 atom stereocenters. The van der Waals surface area contributed by atoms with Crippen LogP contribution in [-0.4, -0.2) is 10.2 Å². The molecule has 7 rings (SSSR count). The molecule has 1 aliphatic rings. The minimum absolute atomic E-state index is 0.206. The van der Waals surface area contributed by atoms with E-state index in [1.807, 2.05) is 48.5 Å². The molecule has 0 aromatic heterocycles. The molecule has 0 amide bonds. The van der Waals surface area contributed by atoms with Gasteiger partial charge < -0.3 is 19.7 Å². The summed E-state index contributed by atoms with van der Waals surface area (Å²) in [4.78, 5) is 0. The second-order valence-electron chi connectivity index (χ2n) is 22.5. The van der Waals surface area contributed by atoms with E-state index in [4.69, 9.17) is 22.3 Å². The molecule has 0 radical (unpaired) electrons. The number of aromatic hydroxyl groups is 2. The Morgan fingerprint density at radius 2 is 0.621 bits per heavy atom. The zero-order valence-corrected chi connectivity index (χ0v) is 41.3. The summed E-state index contributed by atoms with van der Waals surface area (Å²) in [6.07, 6.45) is 13.1. The molecule has 0 aliphatic heterocycles. The number of hydrogen-bond donors (Lipinski definition) is 2. The van der Waals surface area contributed by atoms with E-state index in [1.54, 1.807) is 0 Å². The van der Waals surface area contributed by atoms with Crippen LogP contribution in [-0.2, 0) is 60.6 Å². The van der Waals surface area contributed by atoms with Crippen LogP contribution >= 0.6 is 0 Å². The summed E-state index contributed by atoms with van der Waals surface area (Å²) >= 11 is 0. The monoisotopic (exact) mass is 877 g/mol. The average molecular weight is 877 g/mol. The number of fused-ring (bicyclic) bond motifs is 8. The van der Waals surface area contributed by atoms with Crippen LogP contribution in [0.4, 0.5) is 0 Å². The van der Waals surface area contributed by atoms with E-state index in [1.165, 1.54) is 0 Å². The molecule has 0 saturated heterocycles. The van der Waals surface area contributed by atoms with E-state index >= 15 is 0 Å². The predicted molar refractivity (Wildman–Crippen MR) is 273 cm³/mol. The molecule has 6 aromatic rings. The fraction of sp³-hybridized carbons (Fsp3) is 0.355. The molecule has 4 nitrogen and oxygen atoms in total. The third-order valence-corrected chi connectivity index (χ3v) is 13.0. The van der Waals surface area contributed by atoms with Crippen molar-refractivity contribution < 1.29 is 19.7 Å². The third-order valence-electron chi connectivity index (χ3n) is 13.0. The van der Waals surface area contributed by atoms with Gasteiger partial charge in [0.25, 0.3) is 0 Å². The van der Waals surface area contributed by atoms with Gasteiger partial charge in [0.2, 0.25) is 0 Å². The number of ether oxygens (including phenoxy) is 2. The highest BCUT2D eigenvalue weighted by Gasteiger charge is 2.29. The Labute approximate surface area is 395 Å². The number of rotatable bonds is 6. The van der Waals surface area contributed by atoms with Crippen LogP contribution in [0.3, 0.4) is 0 Å². The Morgan fingerprint density at radius 1 is 0.394 bits per heavy atom. The first-order valence-corrected chi connectivity index (χ1v) is 23.3. The Hall–Kier alpha value is -6.36. The average Bonchev–Trinajstić information content (AvgIpc) is 3.24. The lowest BCUT2D eigenvalue weighted by atomic mass is 9.79. The molecule has 0 heterocycles. The predicted octanol–water partition coefficient (Wildman–Crippen LogP) is 14.1. The lowest BCUT2D eigenvalue weighted by Crippen LogP contribution is -2.16. The molecule has 0 unspecified atom stereocenters. The Balaban J connectivity index is 1.53. The van der Waals surface area contributed by atoms with Gasteiger partial charge in [-0.1, -0.05) is 168 Å². The Bertz CT molecular complexity index is 2550. The highest BCUT2D eigenvalue weighted by molar-refractivity contribution is 5.59. The molecule has 8 bridgehead atoms. The molecule has 4 heteroatoms. The summed E-state index contributed by atoms with van der Waals surface area (Å²) < 4.78 is 14.0. The molecule has 0 spiro atoms. The number of phenolic OH excluding ortho intramolecular Hbond substituents is 2. The maximum absolute atomic E-state index is 12.7. The lowest BCUT2D eigenvalue weighted by Gasteiger charge is -2.28. The van der Waals surface area contributed by atoms with E-state index in [-0.39, 0.29) is 33.2 Å². The second-order valence-corrected chi connectivity index (χ2v) is 22.5. The van der Waals surface area contributed by atoms with Gasteiger partial charge in [0, 0.05) is 36.8 Å². The summed E-state index contributed by atoms with van der Waals surface area (Å²) in [6, 6.07) is 33.5. The first-order valence-electron chi connectivity index (χ1n) is 23.3. The van der Waals surface area contributed by atoms with E-state index in [0.29, 0.717) is 38.9 Å². The van der Waals surface area contributed by atoms with Crippen molar-refractivity contribution in [2.45, 2.75) is 144 Å². The molecular weight excluding hydrogens is 809 g/mol.